The summed E-state index contributed by atoms with van der Waals surface area (Å²) in [5.41, 5.74) is -0.259. The first-order valence-corrected chi connectivity index (χ1v) is 7.95. The fraction of sp³-hybridized carbons (Fsp3) is 0.667. The van der Waals surface area contributed by atoms with E-state index in [4.69, 9.17) is 9.47 Å². The van der Waals surface area contributed by atoms with Gasteiger partial charge in [-0.25, -0.2) is 9.28 Å². The second-order valence-corrected chi connectivity index (χ2v) is 6.29. The van der Waals surface area contributed by atoms with Crippen molar-refractivity contribution >= 4 is 17.8 Å². The number of aliphatic imine (C=N–C) groups is 1. The van der Waals surface area contributed by atoms with E-state index < -0.39 is 5.69 Å². The normalized spacial score (nSPS) is 26.4. The molecule has 0 spiro atoms. The monoisotopic (exact) mass is 323 g/mol. The average Bonchev–Trinajstić information content (AvgIpc) is 2.89. The minimum atomic E-state index is -0.436. The molecule has 0 aromatic carbocycles. The second-order valence-electron chi connectivity index (χ2n) is 6.29. The lowest BCUT2D eigenvalue weighted by Crippen LogP contribution is -2.47. The number of H-pyrrole nitrogens is 1. The number of hydrogen-bond donors (Lipinski definition) is 1. The summed E-state index contributed by atoms with van der Waals surface area (Å²) in [6.07, 6.45) is 4.80. The summed E-state index contributed by atoms with van der Waals surface area (Å²) in [6, 6.07) is 0. The van der Waals surface area contributed by atoms with Crippen LogP contribution < -0.4 is 15.7 Å². The topological polar surface area (TPSA) is 85.7 Å². The summed E-state index contributed by atoms with van der Waals surface area (Å²) in [5, 5.41) is 0. The van der Waals surface area contributed by atoms with Crippen molar-refractivity contribution in [3.05, 3.63) is 20.8 Å². The maximum absolute atomic E-state index is 12.2. The molecule has 3 rings (SSSR count). The molecule has 1 saturated heterocycles. The Bertz CT molecular complexity index is 717. The smallest absolute Gasteiger partial charge is 0.330 e. The molecule has 1 fully saturated rings. The molecule has 0 aliphatic carbocycles. The van der Waals surface area contributed by atoms with Crippen molar-refractivity contribution in [3.63, 3.8) is 0 Å². The summed E-state index contributed by atoms with van der Waals surface area (Å²) in [5.74, 6) is 0.449. The number of aromatic nitrogens is 2. The van der Waals surface area contributed by atoms with Gasteiger partial charge in [0.2, 0.25) is 11.5 Å². The zero-order valence-corrected chi connectivity index (χ0v) is 13.6. The predicted molar refractivity (Wildman–Crippen MR) is 87.5 cm³/mol. The van der Waals surface area contributed by atoms with Gasteiger partial charge in [-0.2, -0.15) is 4.99 Å². The fourth-order valence-corrected chi connectivity index (χ4v) is 3.13. The molecule has 8 heteroatoms. The first kappa shape index (κ1) is 16.1. The molecule has 23 heavy (non-hydrogen) atoms. The molecule has 1 N–H and O–H groups in total. The largest absolute Gasteiger partial charge is 0.376 e. The zero-order chi connectivity index (χ0) is 16.4. The molecule has 1 aromatic rings. The van der Waals surface area contributed by atoms with Crippen LogP contribution in [-0.2, 0) is 16.5 Å². The number of rotatable bonds is 5. The molecule has 1 aromatic heterocycles. The quantitative estimate of drug-likeness (QED) is 0.622. The molecule has 0 amide bonds. The average molecular weight is 323 g/mol. The minimum Gasteiger partial charge on any atom is -0.376 e. The van der Waals surface area contributed by atoms with Gasteiger partial charge in [0.25, 0.3) is 0 Å². The lowest BCUT2D eigenvalue weighted by atomic mass is 10.1. The molecule has 2 aliphatic rings. The number of aromatic amines is 1. The lowest BCUT2D eigenvalue weighted by Gasteiger charge is -2.26. The van der Waals surface area contributed by atoms with Crippen molar-refractivity contribution in [2.24, 2.45) is 12.0 Å². The SMILES string of the molecule is Cn1c2c(c(=O)[nH]c1=O)[N+](C)(CCCCC1COCCO1)C=N2. The van der Waals surface area contributed by atoms with Gasteiger partial charge in [0.05, 0.1) is 39.5 Å². The van der Waals surface area contributed by atoms with Crippen molar-refractivity contribution in [2.45, 2.75) is 25.4 Å². The second kappa shape index (κ2) is 6.38. The Labute approximate surface area is 133 Å². The number of fused-ring (bicyclic) bond motifs is 1. The molecule has 2 aliphatic heterocycles. The Balaban J connectivity index is 1.64. The first-order chi connectivity index (χ1) is 11.0. The maximum Gasteiger partial charge on any atom is 0.330 e. The molecule has 2 atom stereocenters. The standard InChI is InChI=1S/C15H22N4O4/c1-18-13-12(14(20)17-15(18)21)19(2,10-16-13)6-4-3-5-11-9-22-7-8-23-11/h10-11H,3-9H2,1-2H3/p+1. The molecule has 0 radical (unpaired) electrons. The van der Waals surface area contributed by atoms with Crippen LogP contribution in [0.4, 0.5) is 11.5 Å². The summed E-state index contributed by atoms with van der Waals surface area (Å²) in [6.45, 7) is 2.77. The maximum atomic E-state index is 12.2. The third kappa shape index (κ3) is 3.15. The van der Waals surface area contributed by atoms with Gasteiger partial charge in [-0.05, 0) is 19.3 Å². The van der Waals surface area contributed by atoms with Crippen LogP contribution in [0.2, 0.25) is 0 Å². The van der Waals surface area contributed by atoms with Crippen LogP contribution in [0.3, 0.4) is 0 Å². The number of nitrogens with one attached hydrogen (secondary N) is 1. The van der Waals surface area contributed by atoms with E-state index in [2.05, 4.69) is 9.98 Å². The van der Waals surface area contributed by atoms with Crippen molar-refractivity contribution < 1.29 is 9.47 Å². The van der Waals surface area contributed by atoms with Crippen LogP contribution >= 0.6 is 0 Å². The Morgan fingerprint density at radius 1 is 1.39 bits per heavy atom. The van der Waals surface area contributed by atoms with Gasteiger partial charge in [0.15, 0.2) is 6.34 Å². The van der Waals surface area contributed by atoms with Crippen LogP contribution in [0.15, 0.2) is 14.6 Å². The summed E-state index contributed by atoms with van der Waals surface area (Å²) in [7, 11) is 3.56. The highest BCUT2D eigenvalue weighted by Crippen LogP contribution is 2.31. The fourth-order valence-electron chi connectivity index (χ4n) is 3.13. The van der Waals surface area contributed by atoms with Crippen LogP contribution in [-0.4, -0.2) is 55.4 Å². The number of hydrogen-bond acceptors (Lipinski definition) is 5. The van der Waals surface area contributed by atoms with E-state index in [0.717, 1.165) is 25.8 Å². The molecule has 0 bridgehead atoms. The zero-order valence-electron chi connectivity index (χ0n) is 13.6. The molecule has 0 saturated carbocycles. The van der Waals surface area contributed by atoms with Crippen molar-refractivity contribution in [3.8, 4) is 0 Å². The highest BCUT2D eigenvalue weighted by atomic mass is 16.6. The summed E-state index contributed by atoms with van der Waals surface area (Å²) in [4.78, 5) is 30.5. The van der Waals surface area contributed by atoms with Gasteiger partial charge in [-0.3, -0.25) is 14.3 Å². The van der Waals surface area contributed by atoms with Gasteiger partial charge < -0.3 is 9.47 Å². The highest BCUT2D eigenvalue weighted by Gasteiger charge is 2.36. The van der Waals surface area contributed by atoms with Crippen LogP contribution in [0.1, 0.15) is 19.3 Å². The Hall–Kier alpha value is -1.77. The van der Waals surface area contributed by atoms with E-state index in [1.54, 1.807) is 13.4 Å². The predicted octanol–water partition coefficient (Wildman–Crippen LogP) is 0.270. The van der Waals surface area contributed by atoms with E-state index in [1.165, 1.54) is 4.57 Å². The Kier molecular flexibility index (Phi) is 4.47. The van der Waals surface area contributed by atoms with E-state index in [1.807, 2.05) is 7.05 Å². The van der Waals surface area contributed by atoms with Crippen molar-refractivity contribution in [1.82, 2.24) is 14.0 Å². The third-order valence-corrected chi connectivity index (χ3v) is 4.50. The van der Waals surface area contributed by atoms with Gasteiger partial charge in [0.1, 0.15) is 0 Å². The summed E-state index contributed by atoms with van der Waals surface area (Å²) < 4.78 is 12.7. The Morgan fingerprint density at radius 2 is 2.22 bits per heavy atom. The van der Waals surface area contributed by atoms with E-state index >= 15 is 0 Å². The van der Waals surface area contributed by atoms with E-state index in [-0.39, 0.29) is 11.7 Å². The number of unbranched alkanes of at least 4 members (excludes halogenated alkanes) is 1. The molecular weight excluding hydrogens is 300 g/mol. The van der Waals surface area contributed by atoms with Crippen LogP contribution in [0.5, 0.6) is 0 Å². The van der Waals surface area contributed by atoms with Crippen molar-refractivity contribution in [1.29, 1.82) is 0 Å². The van der Waals surface area contributed by atoms with Crippen LogP contribution in [0.25, 0.3) is 0 Å². The molecule has 126 valence electrons. The summed E-state index contributed by atoms with van der Waals surface area (Å²) >= 11 is 0. The number of ether oxygens (including phenoxy) is 2. The van der Waals surface area contributed by atoms with Gasteiger partial charge in [-0.1, -0.05) is 0 Å². The van der Waals surface area contributed by atoms with Gasteiger partial charge in [-0.15, -0.1) is 0 Å². The van der Waals surface area contributed by atoms with Crippen LogP contribution in [0, 0.1) is 0 Å². The Morgan fingerprint density at radius 3 is 2.96 bits per heavy atom. The van der Waals surface area contributed by atoms with E-state index in [9.17, 15) is 9.59 Å². The molecule has 3 heterocycles. The molecular formula is C15H23N4O4+. The van der Waals surface area contributed by atoms with Gasteiger partial charge >= 0.3 is 11.2 Å². The number of quaternary nitrogens is 1. The third-order valence-electron chi connectivity index (χ3n) is 4.50. The molecule has 2 unspecified atom stereocenters. The first-order valence-electron chi connectivity index (χ1n) is 7.95. The lowest BCUT2D eigenvalue weighted by molar-refractivity contribution is -0.0912. The minimum absolute atomic E-state index is 0.179. The molecule has 8 nitrogen and oxygen atoms in total. The van der Waals surface area contributed by atoms with Crippen molar-refractivity contribution in [2.75, 3.05) is 33.4 Å². The van der Waals surface area contributed by atoms with Gasteiger partial charge in [0, 0.05) is 7.05 Å². The van der Waals surface area contributed by atoms with E-state index in [0.29, 0.717) is 35.8 Å². The number of nitrogens with zero attached hydrogens (tertiary/aromatic N) is 3. The highest BCUT2D eigenvalue weighted by molar-refractivity contribution is 5.86.